The molecular weight excluding hydrogens is 376 g/mol. The fourth-order valence-corrected chi connectivity index (χ4v) is 5.06. The van der Waals surface area contributed by atoms with Crippen LogP contribution in [0.1, 0.15) is 68.4 Å². The van der Waals surface area contributed by atoms with Crippen LogP contribution < -0.4 is 4.74 Å². The smallest absolute Gasteiger partial charge is 0.272 e. The predicted molar refractivity (Wildman–Crippen MR) is 116 cm³/mol. The van der Waals surface area contributed by atoms with E-state index in [0.29, 0.717) is 24.5 Å². The number of rotatable bonds is 5. The Morgan fingerprint density at radius 1 is 1.20 bits per heavy atom. The van der Waals surface area contributed by atoms with E-state index in [2.05, 4.69) is 11.9 Å². The molecule has 0 radical (unpaired) electrons. The van der Waals surface area contributed by atoms with Gasteiger partial charge in [-0.25, -0.2) is 4.98 Å². The predicted octanol–water partition coefficient (Wildman–Crippen LogP) is 4.55. The number of aliphatic hydroxyl groups is 1. The molecule has 2 aromatic rings. The Morgan fingerprint density at radius 2 is 1.97 bits per heavy atom. The highest BCUT2D eigenvalue weighted by atomic mass is 16.5. The van der Waals surface area contributed by atoms with Crippen molar-refractivity contribution in [1.82, 2.24) is 9.88 Å². The van der Waals surface area contributed by atoms with Crippen LogP contribution >= 0.6 is 0 Å². The number of ether oxygens (including phenoxy) is 1. The highest BCUT2D eigenvalue weighted by Crippen LogP contribution is 2.47. The number of likely N-dealkylation sites (tertiary alicyclic amines) is 1. The van der Waals surface area contributed by atoms with E-state index in [9.17, 15) is 9.90 Å². The zero-order valence-corrected chi connectivity index (χ0v) is 18.0. The van der Waals surface area contributed by atoms with Crippen LogP contribution in [0.15, 0.2) is 48.5 Å². The van der Waals surface area contributed by atoms with Gasteiger partial charge in [-0.15, -0.1) is 0 Å². The average molecular weight is 409 g/mol. The van der Waals surface area contributed by atoms with Crippen molar-refractivity contribution in [1.29, 1.82) is 0 Å². The van der Waals surface area contributed by atoms with Crippen LogP contribution in [0.4, 0.5) is 0 Å². The minimum Gasteiger partial charge on any atom is -0.475 e. The van der Waals surface area contributed by atoms with E-state index < -0.39 is 5.60 Å². The lowest BCUT2D eigenvalue weighted by Crippen LogP contribution is -2.59. The van der Waals surface area contributed by atoms with Crippen molar-refractivity contribution < 1.29 is 14.6 Å². The van der Waals surface area contributed by atoms with Crippen molar-refractivity contribution in [2.75, 3.05) is 6.54 Å². The first kappa shape index (κ1) is 20.9. The fraction of sp³-hybridized carbons (Fsp3) is 0.520. The average Bonchev–Trinajstić information content (AvgIpc) is 2.80. The number of piperidine rings is 1. The summed E-state index contributed by atoms with van der Waals surface area (Å²) in [4.78, 5) is 19.9. The maximum atomic E-state index is 13.4. The summed E-state index contributed by atoms with van der Waals surface area (Å²) < 4.78 is 5.82. The summed E-state index contributed by atoms with van der Waals surface area (Å²) in [5, 5.41) is 11.7. The third-order valence-corrected chi connectivity index (χ3v) is 6.85. The molecule has 4 atom stereocenters. The molecule has 2 fully saturated rings. The second-order valence-corrected chi connectivity index (χ2v) is 8.69. The van der Waals surface area contributed by atoms with Gasteiger partial charge in [-0.1, -0.05) is 56.2 Å². The number of carbonyl (C=O) groups excluding carboxylic acids is 1. The molecule has 1 aromatic carbocycles. The van der Waals surface area contributed by atoms with Crippen LogP contribution in [0.5, 0.6) is 5.88 Å². The Labute approximate surface area is 179 Å². The standard InChI is InChI=1S/C25H32N2O3/c1-3-18(2)30-23-15-9-13-21(26-23)24(28)27-17-16-25(29,19-10-5-4-6-11-19)20-12-7-8-14-22(20)27/h4-6,9-11,13,15,18,20,22,29H,3,7-8,12,14,16-17H2,1-2H3/t18?,20-,22?,25-/m1/s1. The molecule has 1 N–H and O–H groups in total. The van der Waals surface area contributed by atoms with E-state index in [0.717, 1.165) is 37.7 Å². The van der Waals surface area contributed by atoms with Crippen molar-refractivity contribution in [3.05, 3.63) is 59.8 Å². The van der Waals surface area contributed by atoms with Crippen molar-refractivity contribution in [2.45, 2.75) is 70.1 Å². The summed E-state index contributed by atoms with van der Waals surface area (Å²) in [6.45, 7) is 4.59. The molecule has 1 aliphatic carbocycles. The monoisotopic (exact) mass is 408 g/mol. The van der Waals surface area contributed by atoms with E-state index in [-0.39, 0.29) is 24.0 Å². The number of hydrogen-bond acceptors (Lipinski definition) is 4. The summed E-state index contributed by atoms with van der Waals surface area (Å²) in [5.74, 6) is 0.482. The van der Waals surface area contributed by atoms with E-state index >= 15 is 0 Å². The Balaban J connectivity index is 1.59. The minimum absolute atomic E-state index is 0.0335. The minimum atomic E-state index is -0.877. The van der Waals surface area contributed by atoms with Gasteiger partial charge in [-0.2, -0.15) is 0 Å². The first-order valence-electron chi connectivity index (χ1n) is 11.3. The van der Waals surface area contributed by atoms with Gasteiger partial charge in [0.25, 0.3) is 5.91 Å². The summed E-state index contributed by atoms with van der Waals surface area (Å²) in [6, 6.07) is 15.4. The molecule has 1 aromatic heterocycles. The summed E-state index contributed by atoms with van der Waals surface area (Å²) in [5.41, 5.74) is 0.513. The van der Waals surface area contributed by atoms with E-state index in [4.69, 9.17) is 4.74 Å². The molecule has 2 unspecified atom stereocenters. The Bertz CT molecular complexity index is 872. The van der Waals surface area contributed by atoms with Gasteiger partial charge in [-0.05, 0) is 44.2 Å². The lowest BCUT2D eigenvalue weighted by Gasteiger charge is -2.52. The van der Waals surface area contributed by atoms with Crippen molar-refractivity contribution in [3.63, 3.8) is 0 Å². The third-order valence-electron chi connectivity index (χ3n) is 6.85. The van der Waals surface area contributed by atoms with Crippen molar-refractivity contribution in [2.24, 2.45) is 5.92 Å². The van der Waals surface area contributed by atoms with Gasteiger partial charge >= 0.3 is 0 Å². The lowest BCUT2D eigenvalue weighted by molar-refractivity contribution is -0.110. The quantitative estimate of drug-likeness (QED) is 0.788. The molecule has 1 aliphatic heterocycles. The molecule has 1 amide bonds. The number of hydrogen-bond donors (Lipinski definition) is 1. The van der Waals surface area contributed by atoms with Gasteiger partial charge in [0.2, 0.25) is 5.88 Å². The molecule has 2 aliphatic rings. The van der Waals surface area contributed by atoms with Crippen LogP contribution in [0, 0.1) is 5.92 Å². The SMILES string of the molecule is CCC(C)Oc1cccc(C(=O)N2CC[C@@](O)(c3ccccc3)[C@@H]3CCCCC32)n1. The first-order chi connectivity index (χ1) is 14.5. The molecule has 1 saturated heterocycles. The van der Waals surface area contributed by atoms with Crippen LogP contribution in [0.2, 0.25) is 0 Å². The topological polar surface area (TPSA) is 62.7 Å². The number of fused-ring (bicyclic) bond motifs is 1. The second-order valence-electron chi connectivity index (χ2n) is 8.69. The highest BCUT2D eigenvalue weighted by Gasteiger charge is 2.50. The molecule has 0 spiro atoms. The first-order valence-corrected chi connectivity index (χ1v) is 11.3. The molecule has 160 valence electrons. The second kappa shape index (κ2) is 8.76. The largest absolute Gasteiger partial charge is 0.475 e. The molecule has 0 bridgehead atoms. The van der Waals surface area contributed by atoms with Crippen LogP contribution in [-0.2, 0) is 5.60 Å². The highest BCUT2D eigenvalue weighted by molar-refractivity contribution is 5.92. The Kier molecular flexibility index (Phi) is 6.09. The molecule has 5 heteroatoms. The Hall–Kier alpha value is -2.40. The van der Waals surface area contributed by atoms with Crippen LogP contribution in [-0.4, -0.2) is 39.6 Å². The van der Waals surface area contributed by atoms with Gasteiger partial charge < -0.3 is 14.7 Å². The van der Waals surface area contributed by atoms with Crippen LogP contribution in [0.25, 0.3) is 0 Å². The fourth-order valence-electron chi connectivity index (χ4n) is 5.06. The van der Waals surface area contributed by atoms with Gasteiger partial charge in [0.05, 0.1) is 11.7 Å². The number of benzene rings is 1. The summed E-state index contributed by atoms with van der Waals surface area (Å²) >= 11 is 0. The summed E-state index contributed by atoms with van der Waals surface area (Å²) in [6.07, 6.45) is 5.52. The molecular formula is C25H32N2O3. The molecule has 4 rings (SSSR count). The molecule has 1 saturated carbocycles. The zero-order chi connectivity index (χ0) is 21.1. The normalized spacial score (nSPS) is 27.2. The van der Waals surface area contributed by atoms with E-state index in [1.165, 1.54) is 0 Å². The molecule has 5 nitrogen and oxygen atoms in total. The number of carbonyl (C=O) groups is 1. The maximum Gasteiger partial charge on any atom is 0.272 e. The number of nitrogens with zero attached hydrogens (tertiary/aromatic N) is 2. The van der Waals surface area contributed by atoms with E-state index in [1.54, 1.807) is 12.1 Å². The molecule has 30 heavy (non-hydrogen) atoms. The van der Waals surface area contributed by atoms with Crippen molar-refractivity contribution in [3.8, 4) is 5.88 Å². The van der Waals surface area contributed by atoms with Gasteiger partial charge in [0.1, 0.15) is 5.69 Å². The summed E-state index contributed by atoms with van der Waals surface area (Å²) in [7, 11) is 0. The molecule has 2 heterocycles. The number of aromatic nitrogens is 1. The van der Waals surface area contributed by atoms with Gasteiger partial charge in [-0.3, -0.25) is 4.79 Å². The third kappa shape index (κ3) is 3.95. The van der Waals surface area contributed by atoms with Gasteiger partial charge in [0, 0.05) is 24.6 Å². The van der Waals surface area contributed by atoms with E-state index in [1.807, 2.05) is 48.2 Å². The zero-order valence-electron chi connectivity index (χ0n) is 18.0. The maximum absolute atomic E-state index is 13.4. The number of amides is 1. The lowest BCUT2D eigenvalue weighted by atomic mass is 9.66. The van der Waals surface area contributed by atoms with Crippen LogP contribution in [0.3, 0.4) is 0 Å². The Morgan fingerprint density at radius 3 is 2.73 bits per heavy atom. The number of pyridine rings is 1. The van der Waals surface area contributed by atoms with Gasteiger partial charge in [0.15, 0.2) is 0 Å². The van der Waals surface area contributed by atoms with Crippen molar-refractivity contribution >= 4 is 5.91 Å².